The summed E-state index contributed by atoms with van der Waals surface area (Å²) in [5.41, 5.74) is 1.35. The van der Waals surface area contributed by atoms with Crippen LogP contribution in [0.2, 0.25) is 0 Å². The van der Waals surface area contributed by atoms with Gasteiger partial charge in [-0.3, -0.25) is 0 Å². The van der Waals surface area contributed by atoms with Crippen LogP contribution in [0.3, 0.4) is 0 Å². The third kappa shape index (κ3) is 9.22. The highest BCUT2D eigenvalue weighted by Crippen LogP contribution is 1.94. The third-order valence-electron chi connectivity index (χ3n) is 1.30. The summed E-state index contributed by atoms with van der Waals surface area (Å²) in [6.07, 6.45) is 13.0. The van der Waals surface area contributed by atoms with E-state index < -0.39 is 0 Å². The van der Waals surface area contributed by atoms with Crippen molar-refractivity contribution in [2.75, 3.05) is 0 Å². The minimum atomic E-state index is 1.15. The van der Waals surface area contributed by atoms with Crippen molar-refractivity contribution in [3.8, 4) is 0 Å². The summed E-state index contributed by atoms with van der Waals surface area (Å²) in [6, 6.07) is 0. The van der Waals surface area contributed by atoms with Gasteiger partial charge in [-0.2, -0.15) is 0 Å². The Kier molecular flexibility index (Phi) is 6.81. The van der Waals surface area contributed by atoms with Gasteiger partial charge in [0.15, 0.2) is 0 Å². The van der Waals surface area contributed by atoms with E-state index in [0.717, 1.165) is 12.8 Å². The largest absolute Gasteiger partial charge is 0.0917 e. The highest BCUT2D eigenvalue weighted by atomic mass is 13.8. The van der Waals surface area contributed by atoms with Gasteiger partial charge in [0.1, 0.15) is 0 Å². The summed E-state index contributed by atoms with van der Waals surface area (Å²) in [7, 11) is 0. The topological polar surface area (TPSA) is 0 Å². The van der Waals surface area contributed by atoms with Gasteiger partial charge in [0.05, 0.1) is 0 Å². The molecule has 0 rings (SSSR count). The minimum Gasteiger partial charge on any atom is -0.0917 e. The summed E-state index contributed by atoms with van der Waals surface area (Å²) >= 11 is 0. The highest BCUT2D eigenvalue weighted by Gasteiger charge is 1.74. The van der Waals surface area contributed by atoms with E-state index in [1.807, 2.05) is 0 Å². The van der Waals surface area contributed by atoms with Crippen LogP contribution in [0, 0.1) is 0 Å². The molecule has 0 nitrogen and oxygen atoms in total. The van der Waals surface area contributed by atoms with Gasteiger partial charge < -0.3 is 0 Å². The molecule has 0 spiro atoms. The molecule has 0 N–H and O–H groups in total. The van der Waals surface area contributed by atoms with Crippen molar-refractivity contribution >= 4 is 0 Å². The molecule has 0 amide bonds. The maximum Gasteiger partial charge on any atom is -0.0313 e. The van der Waals surface area contributed by atoms with Crippen LogP contribution >= 0.6 is 0 Å². The van der Waals surface area contributed by atoms with Gasteiger partial charge in [-0.25, -0.2) is 0 Å². The van der Waals surface area contributed by atoms with Crippen molar-refractivity contribution in [3.63, 3.8) is 0 Å². The molecule has 0 heteroatoms. The van der Waals surface area contributed by atoms with Crippen LogP contribution in [0.4, 0.5) is 0 Å². The summed E-state index contributed by atoms with van der Waals surface area (Å²) < 4.78 is 0. The zero-order valence-electron chi connectivity index (χ0n) is 7.80. The van der Waals surface area contributed by atoms with Crippen molar-refractivity contribution in [1.29, 1.82) is 0 Å². The van der Waals surface area contributed by atoms with E-state index in [4.69, 9.17) is 0 Å². The van der Waals surface area contributed by atoms with Gasteiger partial charge in [0.2, 0.25) is 0 Å². The summed E-state index contributed by atoms with van der Waals surface area (Å²) in [6.45, 7) is 6.27. The van der Waals surface area contributed by atoms with Crippen molar-refractivity contribution in [3.05, 3.63) is 36.0 Å². The molecule has 0 aliphatic carbocycles. The average Bonchev–Trinajstić information content (AvgIpc) is 1.96. The zero-order valence-corrected chi connectivity index (χ0v) is 7.80. The fourth-order valence-corrected chi connectivity index (χ4v) is 0.716. The Hall–Kier alpha value is -0.780. The number of hydrogen-bond acceptors (Lipinski definition) is 0. The first kappa shape index (κ1) is 10.2. The van der Waals surface area contributed by atoms with Crippen LogP contribution in [0.15, 0.2) is 36.0 Å². The van der Waals surface area contributed by atoms with Crippen molar-refractivity contribution in [2.24, 2.45) is 0 Å². The first-order chi connectivity index (χ1) is 5.27. The van der Waals surface area contributed by atoms with Gasteiger partial charge >= 0.3 is 0 Å². The molecule has 0 aromatic carbocycles. The minimum absolute atomic E-state index is 1.15. The Morgan fingerprint density at radius 1 is 1.09 bits per heavy atom. The van der Waals surface area contributed by atoms with Crippen LogP contribution < -0.4 is 0 Å². The Morgan fingerprint density at radius 3 is 2.27 bits per heavy atom. The van der Waals surface area contributed by atoms with Gasteiger partial charge in [0, 0.05) is 0 Å². The fraction of sp³-hybridized carbons (Fsp3) is 0.455. The van der Waals surface area contributed by atoms with E-state index in [-0.39, 0.29) is 0 Å². The Bertz CT molecular complexity index is 155. The molecule has 0 radical (unpaired) electrons. The SMILES string of the molecule is CC=CCCC=CC=C(C)C. The van der Waals surface area contributed by atoms with Crippen LogP contribution in [-0.2, 0) is 0 Å². The molecule has 11 heavy (non-hydrogen) atoms. The molecule has 0 saturated heterocycles. The lowest BCUT2D eigenvalue weighted by Gasteiger charge is -1.84. The van der Waals surface area contributed by atoms with Gasteiger partial charge in [-0.15, -0.1) is 0 Å². The molecule has 0 fully saturated rings. The Labute approximate surface area is 70.3 Å². The second-order valence-electron chi connectivity index (χ2n) is 2.82. The molecule has 0 atom stereocenters. The van der Waals surface area contributed by atoms with Crippen LogP contribution in [0.5, 0.6) is 0 Å². The van der Waals surface area contributed by atoms with E-state index >= 15 is 0 Å². The Morgan fingerprint density at radius 2 is 1.73 bits per heavy atom. The van der Waals surface area contributed by atoms with Gasteiger partial charge in [-0.1, -0.05) is 36.0 Å². The molecule has 0 aromatic heterocycles. The molecule has 62 valence electrons. The molecular formula is C11H18. The fourth-order valence-electron chi connectivity index (χ4n) is 0.716. The zero-order chi connectivity index (χ0) is 8.53. The van der Waals surface area contributed by atoms with Crippen LogP contribution in [-0.4, -0.2) is 0 Å². The molecular weight excluding hydrogens is 132 g/mol. The monoisotopic (exact) mass is 150 g/mol. The number of hydrogen-bond donors (Lipinski definition) is 0. The average molecular weight is 150 g/mol. The second kappa shape index (κ2) is 7.33. The van der Waals surface area contributed by atoms with Gasteiger partial charge in [-0.05, 0) is 33.6 Å². The normalized spacial score (nSPS) is 11.2. The van der Waals surface area contributed by atoms with Crippen molar-refractivity contribution in [1.82, 2.24) is 0 Å². The second-order valence-corrected chi connectivity index (χ2v) is 2.82. The number of allylic oxidation sites excluding steroid dienone is 6. The highest BCUT2D eigenvalue weighted by molar-refractivity contribution is 5.08. The predicted octanol–water partition coefficient (Wildman–Crippen LogP) is 3.87. The molecule has 0 aromatic rings. The lowest BCUT2D eigenvalue weighted by molar-refractivity contribution is 1.05. The first-order valence-electron chi connectivity index (χ1n) is 4.18. The van der Waals surface area contributed by atoms with Crippen molar-refractivity contribution in [2.45, 2.75) is 33.6 Å². The molecule has 0 saturated carbocycles. The number of unbranched alkanes of at least 4 members (excludes halogenated alkanes) is 1. The van der Waals surface area contributed by atoms with E-state index in [2.05, 4.69) is 51.2 Å². The van der Waals surface area contributed by atoms with Crippen LogP contribution in [0.1, 0.15) is 33.6 Å². The van der Waals surface area contributed by atoms with Crippen LogP contribution in [0.25, 0.3) is 0 Å². The predicted molar refractivity (Wildman–Crippen MR) is 52.6 cm³/mol. The summed E-state index contributed by atoms with van der Waals surface area (Å²) in [5.74, 6) is 0. The van der Waals surface area contributed by atoms with E-state index in [9.17, 15) is 0 Å². The Balaban J connectivity index is 3.38. The maximum atomic E-state index is 2.20. The standard InChI is InChI=1S/C11H18/c1-4-5-6-7-8-9-10-11(2)3/h4-5,8-10H,6-7H2,1-3H3. The lowest BCUT2D eigenvalue weighted by atomic mass is 10.2. The number of rotatable bonds is 4. The summed E-state index contributed by atoms with van der Waals surface area (Å²) in [4.78, 5) is 0. The molecule has 0 heterocycles. The van der Waals surface area contributed by atoms with E-state index in [1.165, 1.54) is 5.57 Å². The smallest absolute Gasteiger partial charge is 0.0313 e. The molecule has 0 aliphatic rings. The van der Waals surface area contributed by atoms with E-state index in [0.29, 0.717) is 0 Å². The molecule has 0 bridgehead atoms. The van der Waals surface area contributed by atoms with Gasteiger partial charge in [0.25, 0.3) is 0 Å². The van der Waals surface area contributed by atoms with E-state index in [1.54, 1.807) is 0 Å². The lowest BCUT2D eigenvalue weighted by Crippen LogP contribution is -1.64. The third-order valence-corrected chi connectivity index (χ3v) is 1.30. The molecule has 0 aliphatic heterocycles. The molecule has 0 unspecified atom stereocenters. The first-order valence-corrected chi connectivity index (χ1v) is 4.18. The summed E-state index contributed by atoms with van der Waals surface area (Å²) in [5, 5.41) is 0. The quantitative estimate of drug-likeness (QED) is 0.324. The van der Waals surface area contributed by atoms with Crippen molar-refractivity contribution < 1.29 is 0 Å². The maximum absolute atomic E-state index is 2.20.